The molecule has 0 bridgehead atoms. The van der Waals surface area contributed by atoms with E-state index < -0.39 is 0 Å². The van der Waals surface area contributed by atoms with E-state index in [0.29, 0.717) is 0 Å². The van der Waals surface area contributed by atoms with Gasteiger partial charge in [0.05, 0.1) is 12.6 Å². The van der Waals surface area contributed by atoms with Gasteiger partial charge in [-0.1, -0.05) is 18.2 Å². The van der Waals surface area contributed by atoms with Gasteiger partial charge in [0.15, 0.2) is 0 Å². The van der Waals surface area contributed by atoms with Gasteiger partial charge in [0.25, 0.3) is 0 Å². The highest BCUT2D eigenvalue weighted by molar-refractivity contribution is 5.84. The minimum absolute atomic E-state index is 0.776. The molecule has 3 aromatic rings. The molecule has 1 fully saturated rings. The molecule has 1 aromatic heterocycles. The van der Waals surface area contributed by atoms with E-state index in [1.54, 1.807) is 13.3 Å². The zero-order chi connectivity index (χ0) is 17.1. The Morgan fingerprint density at radius 2 is 1.84 bits per heavy atom. The summed E-state index contributed by atoms with van der Waals surface area (Å²) < 4.78 is 11.7. The molecule has 0 N–H and O–H groups in total. The molecule has 4 heteroatoms. The average molecular weight is 334 g/mol. The van der Waals surface area contributed by atoms with Gasteiger partial charge in [-0.05, 0) is 50.2 Å². The number of ether oxygens (including phenoxy) is 2. The second kappa shape index (κ2) is 7.11. The lowest BCUT2D eigenvalue weighted by Gasteiger charge is -2.18. The van der Waals surface area contributed by atoms with Crippen LogP contribution in [0.25, 0.3) is 10.9 Å². The maximum absolute atomic E-state index is 6.13. The maximum atomic E-state index is 6.13. The summed E-state index contributed by atoms with van der Waals surface area (Å²) in [4.78, 5) is 6.85. The van der Waals surface area contributed by atoms with Gasteiger partial charge in [0.2, 0.25) is 0 Å². The summed E-state index contributed by atoms with van der Waals surface area (Å²) >= 11 is 0. The van der Waals surface area contributed by atoms with Gasteiger partial charge in [-0.15, -0.1) is 0 Å². The fourth-order valence-corrected chi connectivity index (χ4v) is 3.39. The van der Waals surface area contributed by atoms with E-state index in [1.165, 1.54) is 31.5 Å². The molecule has 0 spiro atoms. The van der Waals surface area contributed by atoms with Gasteiger partial charge in [-0.25, -0.2) is 0 Å². The average Bonchev–Trinajstić information content (AvgIpc) is 3.16. The predicted octanol–water partition coefficient (Wildman–Crippen LogP) is 4.63. The zero-order valence-corrected chi connectivity index (χ0v) is 14.4. The summed E-state index contributed by atoms with van der Waals surface area (Å²) in [5, 5.41) is 1.00. The first kappa shape index (κ1) is 15.9. The number of para-hydroxylation sites is 1. The number of likely N-dealkylation sites (tertiary alicyclic amines) is 1. The number of benzene rings is 2. The number of pyridine rings is 1. The second-order valence-corrected chi connectivity index (χ2v) is 6.39. The van der Waals surface area contributed by atoms with E-state index >= 15 is 0 Å². The Labute approximate surface area is 148 Å². The Bertz CT molecular complexity index is 867. The first-order valence-corrected chi connectivity index (χ1v) is 8.74. The number of hydrogen-bond acceptors (Lipinski definition) is 4. The summed E-state index contributed by atoms with van der Waals surface area (Å²) in [7, 11) is 1.72. The Balaban J connectivity index is 1.59. The molecule has 4 nitrogen and oxygen atoms in total. The Kier molecular flexibility index (Phi) is 4.53. The Morgan fingerprint density at radius 1 is 1.00 bits per heavy atom. The molecule has 4 rings (SSSR count). The van der Waals surface area contributed by atoms with E-state index in [1.807, 2.05) is 42.5 Å². The summed E-state index contributed by atoms with van der Waals surface area (Å²) in [5.41, 5.74) is 2.13. The minimum Gasteiger partial charge on any atom is -0.496 e. The van der Waals surface area contributed by atoms with Crippen LogP contribution in [0.5, 0.6) is 17.2 Å². The van der Waals surface area contributed by atoms with Crippen LogP contribution in [-0.2, 0) is 6.54 Å². The summed E-state index contributed by atoms with van der Waals surface area (Å²) in [5.74, 6) is 2.46. The molecular weight excluding hydrogens is 312 g/mol. The monoisotopic (exact) mass is 334 g/mol. The van der Waals surface area contributed by atoms with Crippen molar-refractivity contribution in [2.75, 3.05) is 20.2 Å². The van der Waals surface area contributed by atoms with Crippen LogP contribution in [0.2, 0.25) is 0 Å². The number of nitrogens with zero attached hydrogens (tertiary/aromatic N) is 2. The van der Waals surface area contributed by atoms with Crippen molar-refractivity contribution in [2.45, 2.75) is 19.4 Å². The number of hydrogen-bond donors (Lipinski definition) is 0. The highest BCUT2D eigenvalue weighted by Crippen LogP contribution is 2.32. The van der Waals surface area contributed by atoms with Gasteiger partial charge in [-0.2, -0.15) is 0 Å². The highest BCUT2D eigenvalue weighted by Gasteiger charge is 2.15. The van der Waals surface area contributed by atoms with Crippen LogP contribution >= 0.6 is 0 Å². The number of aromatic nitrogens is 1. The van der Waals surface area contributed by atoms with Crippen molar-refractivity contribution in [1.29, 1.82) is 0 Å². The molecule has 0 amide bonds. The van der Waals surface area contributed by atoms with Crippen molar-refractivity contribution in [3.8, 4) is 17.2 Å². The normalized spacial score (nSPS) is 14.8. The van der Waals surface area contributed by atoms with E-state index in [4.69, 9.17) is 9.47 Å². The van der Waals surface area contributed by atoms with Crippen LogP contribution in [0.3, 0.4) is 0 Å². The summed E-state index contributed by atoms with van der Waals surface area (Å²) in [6.45, 7) is 3.27. The number of rotatable bonds is 5. The van der Waals surface area contributed by atoms with Crippen molar-refractivity contribution in [3.63, 3.8) is 0 Å². The Morgan fingerprint density at radius 3 is 2.68 bits per heavy atom. The largest absolute Gasteiger partial charge is 0.496 e. The topological polar surface area (TPSA) is 34.6 Å². The van der Waals surface area contributed by atoms with Crippen LogP contribution in [0.15, 0.2) is 54.7 Å². The van der Waals surface area contributed by atoms with Gasteiger partial charge >= 0.3 is 0 Å². The molecule has 1 aliphatic rings. The van der Waals surface area contributed by atoms with Gasteiger partial charge in [0.1, 0.15) is 17.2 Å². The fourth-order valence-electron chi connectivity index (χ4n) is 3.39. The lowest BCUT2D eigenvalue weighted by atomic mass is 10.1. The quantitative estimate of drug-likeness (QED) is 0.681. The molecule has 0 aliphatic carbocycles. The molecule has 128 valence electrons. The van der Waals surface area contributed by atoms with Crippen molar-refractivity contribution in [1.82, 2.24) is 9.88 Å². The smallest absolute Gasteiger partial charge is 0.138 e. The third-order valence-corrected chi connectivity index (χ3v) is 4.69. The lowest BCUT2D eigenvalue weighted by Crippen LogP contribution is -2.18. The lowest BCUT2D eigenvalue weighted by molar-refractivity contribution is 0.320. The standard InChI is InChI=1S/C21H22N2O2/c1-24-21-14-17(9-8-16(21)15-23-12-4-5-13-23)25-20-10-11-22-19-7-3-2-6-18(19)20/h2-3,6-11,14H,4-5,12-13,15H2,1H3. The van der Waals surface area contributed by atoms with E-state index in [0.717, 1.165) is 34.7 Å². The molecule has 0 saturated carbocycles. The first-order valence-electron chi connectivity index (χ1n) is 8.74. The van der Waals surface area contributed by atoms with Gasteiger partial charge in [-0.3, -0.25) is 9.88 Å². The van der Waals surface area contributed by atoms with Crippen molar-refractivity contribution >= 4 is 10.9 Å². The van der Waals surface area contributed by atoms with Crippen LogP contribution in [0, 0.1) is 0 Å². The fraction of sp³-hybridized carbons (Fsp3) is 0.286. The van der Waals surface area contributed by atoms with Crippen LogP contribution in [0.4, 0.5) is 0 Å². The third-order valence-electron chi connectivity index (χ3n) is 4.69. The molecular formula is C21H22N2O2. The van der Waals surface area contributed by atoms with Gasteiger partial charge < -0.3 is 9.47 Å². The molecule has 2 heterocycles. The van der Waals surface area contributed by atoms with Crippen LogP contribution < -0.4 is 9.47 Å². The van der Waals surface area contributed by atoms with Crippen molar-refractivity contribution in [3.05, 3.63) is 60.3 Å². The van der Waals surface area contributed by atoms with E-state index in [9.17, 15) is 0 Å². The number of methoxy groups -OCH3 is 1. The highest BCUT2D eigenvalue weighted by atomic mass is 16.5. The third kappa shape index (κ3) is 3.44. The summed E-state index contributed by atoms with van der Waals surface area (Å²) in [6, 6.07) is 16.0. The zero-order valence-electron chi connectivity index (χ0n) is 14.4. The molecule has 0 radical (unpaired) electrons. The van der Waals surface area contributed by atoms with Crippen LogP contribution in [0.1, 0.15) is 18.4 Å². The molecule has 25 heavy (non-hydrogen) atoms. The number of fused-ring (bicyclic) bond motifs is 1. The maximum Gasteiger partial charge on any atom is 0.138 e. The van der Waals surface area contributed by atoms with Crippen molar-refractivity contribution in [2.24, 2.45) is 0 Å². The molecule has 0 unspecified atom stereocenters. The first-order chi connectivity index (χ1) is 12.3. The minimum atomic E-state index is 0.776. The van der Waals surface area contributed by atoms with Gasteiger partial charge in [0, 0.05) is 29.8 Å². The molecule has 1 saturated heterocycles. The molecule has 2 aromatic carbocycles. The SMILES string of the molecule is COc1cc(Oc2ccnc3ccccc23)ccc1CN1CCCC1. The summed E-state index contributed by atoms with van der Waals surface area (Å²) in [6.07, 6.45) is 4.36. The van der Waals surface area contributed by atoms with Crippen molar-refractivity contribution < 1.29 is 9.47 Å². The van der Waals surface area contributed by atoms with E-state index in [-0.39, 0.29) is 0 Å². The molecule has 0 atom stereocenters. The van der Waals surface area contributed by atoms with E-state index in [2.05, 4.69) is 16.0 Å². The second-order valence-electron chi connectivity index (χ2n) is 6.39. The molecule has 1 aliphatic heterocycles. The van der Waals surface area contributed by atoms with Crippen LogP contribution in [-0.4, -0.2) is 30.1 Å². The predicted molar refractivity (Wildman–Crippen MR) is 99.3 cm³/mol. The Hall–Kier alpha value is -2.59.